The fourth-order valence-corrected chi connectivity index (χ4v) is 2.79. The number of para-hydroxylation sites is 1. The van der Waals surface area contributed by atoms with Gasteiger partial charge >= 0.3 is 0 Å². The predicted octanol–water partition coefficient (Wildman–Crippen LogP) is 2.41. The van der Waals surface area contributed by atoms with Gasteiger partial charge in [-0.2, -0.15) is 0 Å². The summed E-state index contributed by atoms with van der Waals surface area (Å²) in [5.41, 5.74) is 1.23. The number of halogens is 1. The molecule has 0 aromatic heterocycles. The number of hydrogen-bond acceptors (Lipinski definition) is 3. The highest BCUT2D eigenvalue weighted by atomic mass is 19.1. The maximum absolute atomic E-state index is 14.2. The van der Waals surface area contributed by atoms with Gasteiger partial charge in [-0.05, 0) is 33.9 Å². The number of nitrogens with zero attached hydrogens (tertiary/aromatic N) is 2. The largest absolute Gasteiger partial charge is 0.389 e. The van der Waals surface area contributed by atoms with E-state index in [1.807, 2.05) is 0 Å². The fraction of sp³-hybridized carbons (Fsp3) is 0.600. The van der Waals surface area contributed by atoms with E-state index in [1.54, 1.807) is 19.1 Å². The van der Waals surface area contributed by atoms with Crippen LogP contribution in [0.3, 0.4) is 0 Å². The van der Waals surface area contributed by atoms with Crippen LogP contribution in [0, 0.1) is 5.82 Å². The lowest BCUT2D eigenvalue weighted by Gasteiger charge is -2.44. The van der Waals surface area contributed by atoms with Crippen molar-refractivity contribution in [1.82, 2.24) is 4.90 Å². The van der Waals surface area contributed by atoms with E-state index in [4.69, 9.17) is 0 Å². The number of benzene rings is 1. The quantitative estimate of drug-likeness (QED) is 0.890. The van der Waals surface area contributed by atoms with Crippen LogP contribution in [0.5, 0.6) is 0 Å². The summed E-state index contributed by atoms with van der Waals surface area (Å²) in [5.74, 6) is -0.248. The molecule has 1 N–H and O–H groups in total. The van der Waals surface area contributed by atoms with Crippen molar-refractivity contribution < 1.29 is 9.50 Å². The molecule has 2 unspecified atom stereocenters. The summed E-state index contributed by atoms with van der Waals surface area (Å²) >= 11 is 0. The summed E-state index contributed by atoms with van der Waals surface area (Å²) in [5, 5.41) is 9.84. The number of aliphatic hydroxyl groups is 1. The van der Waals surface area contributed by atoms with Gasteiger partial charge in [-0.25, -0.2) is 4.39 Å². The Balaban J connectivity index is 2.36. The van der Waals surface area contributed by atoms with Gasteiger partial charge in [-0.1, -0.05) is 12.1 Å². The molecule has 0 radical (unpaired) electrons. The number of rotatable bonds is 2. The zero-order chi connectivity index (χ0) is 14.2. The second-order valence-electron chi connectivity index (χ2n) is 5.62. The Kier molecular flexibility index (Phi) is 4.11. The van der Waals surface area contributed by atoms with E-state index in [0.717, 1.165) is 13.1 Å². The Bertz CT molecular complexity index is 438. The third kappa shape index (κ3) is 2.74. The summed E-state index contributed by atoms with van der Waals surface area (Å²) in [4.78, 5) is 4.37. The van der Waals surface area contributed by atoms with E-state index in [9.17, 15) is 9.50 Å². The molecule has 1 heterocycles. The maximum atomic E-state index is 14.2. The van der Waals surface area contributed by atoms with Crippen LogP contribution in [0.4, 0.5) is 10.1 Å². The topological polar surface area (TPSA) is 26.7 Å². The van der Waals surface area contributed by atoms with E-state index < -0.39 is 6.10 Å². The molecule has 0 saturated carbocycles. The summed E-state index contributed by atoms with van der Waals surface area (Å²) < 4.78 is 14.2. The number of aliphatic hydroxyl groups excluding tert-OH is 1. The molecule has 106 valence electrons. The molecule has 1 aromatic carbocycles. The van der Waals surface area contributed by atoms with Gasteiger partial charge in [0.25, 0.3) is 0 Å². The summed E-state index contributed by atoms with van der Waals surface area (Å²) in [6.07, 6.45) is -0.657. The molecule has 1 aromatic rings. The molecule has 1 aliphatic heterocycles. The first-order valence-electron chi connectivity index (χ1n) is 6.85. The first-order valence-corrected chi connectivity index (χ1v) is 6.85. The Morgan fingerprint density at radius 1 is 1.26 bits per heavy atom. The van der Waals surface area contributed by atoms with Gasteiger partial charge in [0.1, 0.15) is 5.82 Å². The lowest BCUT2D eigenvalue weighted by molar-refractivity contribution is 0.167. The molecule has 0 aliphatic carbocycles. The molecular formula is C15H23FN2O. The molecule has 0 spiro atoms. The summed E-state index contributed by atoms with van der Waals surface area (Å²) in [7, 11) is 2.10. The van der Waals surface area contributed by atoms with Crippen molar-refractivity contribution in [3.8, 4) is 0 Å². The fourth-order valence-electron chi connectivity index (χ4n) is 2.79. The third-order valence-electron chi connectivity index (χ3n) is 4.14. The van der Waals surface area contributed by atoms with Gasteiger partial charge < -0.3 is 10.0 Å². The normalized spacial score (nSPS) is 26.5. The average molecular weight is 266 g/mol. The average Bonchev–Trinajstić information content (AvgIpc) is 2.35. The van der Waals surface area contributed by atoms with Crippen molar-refractivity contribution in [3.05, 3.63) is 29.6 Å². The van der Waals surface area contributed by atoms with E-state index in [2.05, 4.69) is 30.7 Å². The minimum Gasteiger partial charge on any atom is -0.389 e. The van der Waals surface area contributed by atoms with Gasteiger partial charge in [0, 0.05) is 30.7 Å². The zero-order valence-corrected chi connectivity index (χ0v) is 12.1. The molecule has 19 heavy (non-hydrogen) atoms. The molecule has 2 rings (SSSR count). The summed E-state index contributed by atoms with van der Waals surface area (Å²) in [6, 6.07) is 5.66. The molecule has 4 heteroatoms. The van der Waals surface area contributed by atoms with E-state index >= 15 is 0 Å². The van der Waals surface area contributed by atoms with Crippen LogP contribution in [0.2, 0.25) is 0 Å². The first kappa shape index (κ1) is 14.3. The highest BCUT2D eigenvalue weighted by molar-refractivity contribution is 5.56. The highest BCUT2D eigenvalue weighted by Gasteiger charge is 2.29. The number of hydrogen-bond donors (Lipinski definition) is 1. The molecule has 1 aliphatic rings. The predicted molar refractivity (Wildman–Crippen MR) is 75.9 cm³/mol. The molecular weight excluding hydrogens is 243 g/mol. The van der Waals surface area contributed by atoms with Crippen LogP contribution in [0.1, 0.15) is 32.4 Å². The van der Waals surface area contributed by atoms with E-state index in [1.165, 1.54) is 6.07 Å². The number of piperazine rings is 1. The Morgan fingerprint density at radius 3 is 2.37 bits per heavy atom. The Labute approximate surface area is 114 Å². The van der Waals surface area contributed by atoms with Crippen LogP contribution in [0.25, 0.3) is 0 Å². The Morgan fingerprint density at radius 2 is 1.84 bits per heavy atom. The van der Waals surface area contributed by atoms with E-state index in [0.29, 0.717) is 23.3 Å². The second-order valence-corrected chi connectivity index (χ2v) is 5.62. The molecule has 0 amide bonds. The lowest BCUT2D eigenvalue weighted by Crippen LogP contribution is -2.55. The smallest absolute Gasteiger partial charge is 0.146 e. The van der Waals surface area contributed by atoms with E-state index in [-0.39, 0.29) is 5.82 Å². The SMILES string of the molecule is CC1CN(c2c(F)cccc2[C@@H](C)O)CC(C)N1C. The molecule has 3 nitrogen and oxygen atoms in total. The first-order chi connectivity index (χ1) is 8.91. The van der Waals surface area contributed by atoms with Crippen LogP contribution >= 0.6 is 0 Å². The Hall–Kier alpha value is -1.13. The lowest BCUT2D eigenvalue weighted by atomic mass is 10.0. The molecule has 1 saturated heterocycles. The third-order valence-corrected chi connectivity index (χ3v) is 4.14. The van der Waals surface area contributed by atoms with Crippen LogP contribution in [0.15, 0.2) is 18.2 Å². The number of likely N-dealkylation sites (N-methyl/N-ethyl adjacent to an activating group) is 1. The summed E-state index contributed by atoms with van der Waals surface area (Å²) in [6.45, 7) is 7.53. The minimum atomic E-state index is -0.657. The second kappa shape index (κ2) is 5.47. The van der Waals surface area contributed by atoms with Crippen LogP contribution < -0.4 is 4.90 Å². The standard InChI is InChI=1S/C15H23FN2O/c1-10-8-18(9-11(2)17(10)4)15-13(12(3)19)6-5-7-14(15)16/h5-7,10-12,19H,8-9H2,1-4H3/t10?,11?,12-/m1/s1. The van der Waals surface area contributed by atoms with Crippen molar-refractivity contribution in [2.24, 2.45) is 0 Å². The zero-order valence-electron chi connectivity index (χ0n) is 12.1. The number of anilines is 1. The van der Waals surface area contributed by atoms with Gasteiger partial charge in [0.05, 0.1) is 11.8 Å². The van der Waals surface area contributed by atoms with Gasteiger partial charge in [0.2, 0.25) is 0 Å². The van der Waals surface area contributed by atoms with Crippen molar-refractivity contribution in [3.63, 3.8) is 0 Å². The van der Waals surface area contributed by atoms with Crippen molar-refractivity contribution in [2.75, 3.05) is 25.0 Å². The van der Waals surface area contributed by atoms with Crippen molar-refractivity contribution >= 4 is 5.69 Å². The highest BCUT2D eigenvalue weighted by Crippen LogP contribution is 2.31. The minimum absolute atomic E-state index is 0.248. The molecule has 3 atom stereocenters. The maximum Gasteiger partial charge on any atom is 0.146 e. The molecule has 1 fully saturated rings. The van der Waals surface area contributed by atoms with Crippen molar-refractivity contribution in [2.45, 2.75) is 39.0 Å². The van der Waals surface area contributed by atoms with Gasteiger partial charge in [-0.3, -0.25) is 4.90 Å². The van der Waals surface area contributed by atoms with Gasteiger partial charge in [0.15, 0.2) is 0 Å². The van der Waals surface area contributed by atoms with Crippen LogP contribution in [-0.2, 0) is 0 Å². The van der Waals surface area contributed by atoms with Crippen LogP contribution in [-0.4, -0.2) is 42.2 Å². The molecule has 0 bridgehead atoms. The van der Waals surface area contributed by atoms with Gasteiger partial charge in [-0.15, -0.1) is 0 Å². The van der Waals surface area contributed by atoms with Crippen molar-refractivity contribution in [1.29, 1.82) is 0 Å². The monoisotopic (exact) mass is 266 g/mol.